The lowest BCUT2D eigenvalue weighted by Crippen LogP contribution is -2.37. The molecule has 9 heteroatoms. The quantitative estimate of drug-likeness (QED) is 0.255. The molecule has 2 unspecified atom stereocenters. The maximum atomic E-state index is 12.4. The number of rotatable bonds is 10. The second-order valence-corrected chi connectivity index (χ2v) is 8.75. The van der Waals surface area contributed by atoms with Crippen molar-refractivity contribution in [2.45, 2.75) is 51.0 Å². The van der Waals surface area contributed by atoms with Crippen molar-refractivity contribution in [3.63, 3.8) is 0 Å². The number of nitrogens with zero attached hydrogens (tertiary/aromatic N) is 1. The van der Waals surface area contributed by atoms with Crippen LogP contribution in [-0.2, 0) is 14.8 Å². The van der Waals surface area contributed by atoms with Crippen molar-refractivity contribution in [1.82, 2.24) is 4.72 Å². The van der Waals surface area contributed by atoms with Crippen molar-refractivity contribution < 1.29 is 23.2 Å². The first kappa shape index (κ1) is 22.8. The van der Waals surface area contributed by atoms with Gasteiger partial charge in [-0.15, -0.1) is 0 Å². The number of unbranched alkanes of at least 4 members (excludes halogenated alkanes) is 1. The zero-order chi connectivity index (χ0) is 21.3. The van der Waals surface area contributed by atoms with E-state index in [1.807, 2.05) is 6.08 Å². The molecule has 1 saturated carbocycles. The van der Waals surface area contributed by atoms with Gasteiger partial charge < -0.3 is 5.11 Å². The number of carbonyl (C=O) groups is 1. The zero-order valence-electron chi connectivity index (χ0n) is 16.1. The van der Waals surface area contributed by atoms with Crippen molar-refractivity contribution >= 4 is 27.8 Å². The highest BCUT2D eigenvalue weighted by Gasteiger charge is 2.23. The number of hydrogen-bond donors (Lipinski definition) is 2. The number of non-ortho nitro benzene ring substituents is 1. The molecule has 29 heavy (non-hydrogen) atoms. The Balaban J connectivity index is 1.89. The summed E-state index contributed by atoms with van der Waals surface area (Å²) in [6.45, 7) is 0. The monoisotopic (exact) mass is 422 g/mol. The number of carboxylic acid groups (broad SMARTS) is 1. The highest BCUT2D eigenvalue weighted by atomic mass is 32.2. The number of allylic oxidation sites excluding steroid dienone is 2. The number of carboxylic acids is 1. The van der Waals surface area contributed by atoms with E-state index in [2.05, 4.69) is 10.8 Å². The molecule has 2 atom stereocenters. The first-order chi connectivity index (χ1) is 13.7. The Morgan fingerprint density at radius 1 is 1.34 bits per heavy atom. The Labute approximate surface area is 170 Å². The van der Waals surface area contributed by atoms with Crippen LogP contribution in [0.4, 0.5) is 5.69 Å². The van der Waals surface area contributed by atoms with E-state index in [4.69, 9.17) is 5.11 Å². The molecule has 158 valence electrons. The summed E-state index contributed by atoms with van der Waals surface area (Å²) in [5, 5.41) is 20.5. The van der Waals surface area contributed by atoms with Crippen LogP contribution in [0, 0.1) is 16.0 Å². The summed E-state index contributed by atoms with van der Waals surface area (Å²) in [4.78, 5) is 20.8. The van der Waals surface area contributed by atoms with Gasteiger partial charge in [0.15, 0.2) is 0 Å². The third kappa shape index (κ3) is 8.57. The summed E-state index contributed by atoms with van der Waals surface area (Å²) in [6, 6.07) is 5.60. The fourth-order valence-corrected chi connectivity index (χ4v) is 4.44. The zero-order valence-corrected chi connectivity index (χ0v) is 16.9. The van der Waals surface area contributed by atoms with Crippen LogP contribution in [0.3, 0.4) is 0 Å². The molecule has 1 aliphatic carbocycles. The van der Waals surface area contributed by atoms with E-state index in [1.165, 1.54) is 24.3 Å². The average molecular weight is 423 g/mol. The molecule has 0 saturated heterocycles. The second-order valence-electron chi connectivity index (χ2n) is 7.16. The summed E-state index contributed by atoms with van der Waals surface area (Å²) in [7, 11) is -3.66. The van der Waals surface area contributed by atoms with Gasteiger partial charge in [-0.2, -0.15) is 0 Å². The predicted molar refractivity (Wildman–Crippen MR) is 111 cm³/mol. The third-order valence-electron chi connectivity index (χ3n) is 4.74. The largest absolute Gasteiger partial charge is 0.481 e. The summed E-state index contributed by atoms with van der Waals surface area (Å²) in [5.41, 5.74) is 0.346. The third-order valence-corrected chi connectivity index (χ3v) is 5.89. The van der Waals surface area contributed by atoms with Crippen molar-refractivity contribution in [2.24, 2.45) is 5.92 Å². The SMILES string of the molecule is O=C(O)CCC/C=C/C1CCCC(NS(=O)(=O)/C=C/c2cccc([N+](=O)[O-])c2)C1. The highest BCUT2D eigenvalue weighted by Crippen LogP contribution is 2.26. The van der Waals surface area contributed by atoms with Crippen molar-refractivity contribution in [2.75, 3.05) is 0 Å². The van der Waals surface area contributed by atoms with Crippen LogP contribution in [0.5, 0.6) is 0 Å². The van der Waals surface area contributed by atoms with Crippen LogP contribution in [0.15, 0.2) is 41.8 Å². The van der Waals surface area contributed by atoms with Gasteiger partial charge in [0.05, 0.1) is 4.92 Å². The van der Waals surface area contributed by atoms with Crippen LogP contribution in [0.2, 0.25) is 0 Å². The number of nitrogens with one attached hydrogen (secondary N) is 1. The van der Waals surface area contributed by atoms with Gasteiger partial charge in [-0.1, -0.05) is 30.7 Å². The van der Waals surface area contributed by atoms with Gasteiger partial charge in [0.2, 0.25) is 10.0 Å². The normalized spacial score (nSPS) is 20.3. The van der Waals surface area contributed by atoms with Gasteiger partial charge >= 0.3 is 5.97 Å². The van der Waals surface area contributed by atoms with E-state index in [0.29, 0.717) is 24.8 Å². The number of nitro groups is 1. The molecule has 0 spiro atoms. The first-order valence-corrected chi connectivity index (χ1v) is 11.1. The molecule has 1 aliphatic rings. The molecule has 0 aromatic heterocycles. The predicted octanol–water partition coefficient (Wildman–Crippen LogP) is 3.85. The van der Waals surface area contributed by atoms with Crippen LogP contribution in [0.25, 0.3) is 6.08 Å². The molecule has 8 nitrogen and oxygen atoms in total. The maximum absolute atomic E-state index is 12.4. The van der Waals surface area contributed by atoms with E-state index in [-0.39, 0.29) is 24.1 Å². The minimum Gasteiger partial charge on any atom is -0.481 e. The van der Waals surface area contributed by atoms with Crippen molar-refractivity contribution in [1.29, 1.82) is 0 Å². The lowest BCUT2D eigenvalue weighted by atomic mass is 9.86. The number of benzene rings is 1. The Bertz CT molecular complexity index is 879. The number of nitro benzene ring substituents is 1. The minimum atomic E-state index is -3.66. The molecule has 1 aromatic rings. The summed E-state index contributed by atoms with van der Waals surface area (Å²) in [6.07, 6.45) is 10.2. The van der Waals surface area contributed by atoms with Crippen molar-refractivity contribution in [3.8, 4) is 0 Å². The lowest BCUT2D eigenvalue weighted by Gasteiger charge is -2.27. The van der Waals surface area contributed by atoms with Crippen LogP contribution < -0.4 is 4.72 Å². The van der Waals surface area contributed by atoms with Gasteiger partial charge in [-0.05, 0) is 49.7 Å². The molecule has 1 fully saturated rings. The van der Waals surface area contributed by atoms with Crippen LogP contribution in [0.1, 0.15) is 50.5 Å². The van der Waals surface area contributed by atoms with E-state index in [9.17, 15) is 23.3 Å². The van der Waals surface area contributed by atoms with E-state index < -0.39 is 20.9 Å². The van der Waals surface area contributed by atoms with Gasteiger partial charge in [0.1, 0.15) is 0 Å². The Morgan fingerprint density at radius 2 is 2.14 bits per heavy atom. The Hall–Kier alpha value is -2.52. The maximum Gasteiger partial charge on any atom is 0.303 e. The molecular weight excluding hydrogens is 396 g/mol. The average Bonchev–Trinajstić information content (AvgIpc) is 2.66. The molecule has 0 bridgehead atoms. The van der Waals surface area contributed by atoms with E-state index in [1.54, 1.807) is 6.07 Å². The van der Waals surface area contributed by atoms with Gasteiger partial charge in [0.25, 0.3) is 5.69 Å². The fraction of sp³-hybridized carbons (Fsp3) is 0.450. The minimum absolute atomic E-state index is 0.0947. The van der Waals surface area contributed by atoms with Gasteiger partial charge in [0, 0.05) is 30.0 Å². The Morgan fingerprint density at radius 3 is 2.86 bits per heavy atom. The second kappa shape index (κ2) is 10.9. The van der Waals surface area contributed by atoms with Crippen LogP contribution in [-0.4, -0.2) is 30.5 Å². The molecule has 0 radical (unpaired) electrons. The number of hydrogen-bond acceptors (Lipinski definition) is 5. The molecule has 2 rings (SSSR count). The molecular formula is C20H26N2O6S. The van der Waals surface area contributed by atoms with E-state index >= 15 is 0 Å². The Kier molecular flexibility index (Phi) is 8.53. The topological polar surface area (TPSA) is 127 Å². The molecule has 1 aromatic carbocycles. The lowest BCUT2D eigenvalue weighted by molar-refractivity contribution is -0.384. The number of sulfonamides is 1. The van der Waals surface area contributed by atoms with Crippen molar-refractivity contribution in [3.05, 3.63) is 57.5 Å². The standard InChI is InChI=1S/C20H26N2O6S/c23-20(24)11-3-1-2-6-16-7-4-9-18(14-16)21-29(27,28)13-12-17-8-5-10-19(15-17)22(25)26/h2,5-6,8,10,12-13,15-16,18,21H,1,3-4,7,9,11,14H2,(H,23,24)/b6-2+,13-12+. The molecule has 0 amide bonds. The van der Waals surface area contributed by atoms with Gasteiger partial charge in [-0.25, -0.2) is 13.1 Å². The highest BCUT2D eigenvalue weighted by molar-refractivity contribution is 7.92. The van der Waals surface area contributed by atoms with Gasteiger partial charge in [-0.3, -0.25) is 14.9 Å². The van der Waals surface area contributed by atoms with E-state index in [0.717, 1.165) is 24.7 Å². The van der Waals surface area contributed by atoms with Crippen LogP contribution >= 0.6 is 0 Å². The summed E-state index contributed by atoms with van der Waals surface area (Å²) >= 11 is 0. The fourth-order valence-electron chi connectivity index (χ4n) is 3.35. The smallest absolute Gasteiger partial charge is 0.303 e. The summed E-state index contributed by atoms with van der Waals surface area (Å²) in [5.74, 6) is -0.536. The molecule has 2 N–H and O–H groups in total. The first-order valence-electron chi connectivity index (χ1n) is 9.58. The molecule has 0 aliphatic heterocycles. The molecule has 0 heterocycles. The summed E-state index contributed by atoms with van der Waals surface area (Å²) < 4.78 is 27.4. The number of aliphatic carboxylic acids is 1.